The van der Waals surface area contributed by atoms with E-state index in [1.165, 1.54) is 18.2 Å². The minimum absolute atomic E-state index is 0.0891. The van der Waals surface area contributed by atoms with Crippen molar-refractivity contribution in [3.63, 3.8) is 0 Å². The van der Waals surface area contributed by atoms with E-state index in [4.69, 9.17) is 34.8 Å². The van der Waals surface area contributed by atoms with Crippen LogP contribution in [0.15, 0.2) is 40.4 Å². The van der Waals surface area contributed by atoms with Crippen LogP contribution in [0.2, 0.25) is 15.1 Å². The Hall–Kier alpha value is -1.71. The SMILES string of the molecule is N#C/C(=C\c1cc(Br)cc(Cl)c1O)C(=O)Nc1cccc(Cl)c1Cl. The van der Waals surface area contributed by atoms with Gasteiger partial charge in [0.1, 0.15) is 17.4 Å². The lowest BCUT2D eigenvalue weighted by molar-refractivity contribution is -0.112. The van der Waals surface area contributed by atoms with E-state index in [0.29, 0.717) is 4.47 Å². The first-order valence-corrected chi connectivity index (χ1v) is 8.31. The van der Waals surface area contributed by atoms with Gasteiger partial charge < -0.3 is 10.4 Å². The number of amides is 1. The Morgan fingerprint density at radius 3 is 2.62 bits per heavy atom. The molecule has 2 aromatic carbocycles. The number of benzene rings is 2. The molecular formula is C16H8BrCl3N2O2. The molecule has 4 nitrogen and oxygen atoms in total. The number of anilines is 1. The number of nitrogens with one attached hydrogen (secondary N) is 1. The van der Waals surface area contributed by atoms with Crippen molar-refractivity contribution < 1.29 is 9.90 Å². The van der Waals surface area contributed by atoms with E-state index in [2.05, 4.69) is 21.2 Å². The normalized spacial score (nSPS) is 11.0. The summed E-state index contributed by atoms with van der Waals surface area (Å²) in [4.78, 5) is 12.3. The standard InChI is InChI=1S/C16H8BrCl3N2O2/c17-10-5-8(15(23)12(19)6-10)4-9(7-21)16(24)22-13-3-1-2-11(18)14(13)20/h1-6,23H,(H,22,24)/b9-4+. The van der Waals surface area contributed by atoms with Crippen LogP contribution in [0.1, 0.15) is 5.56 Å². The number of nitrogens with zero attached hydrogens (tertiary/aromatic N) is 1. The zero-order valence-electron chi connectivity index (χ0n) is 11.8. The lowest BCUT2D eigenvalue weighted by Gasteiger charge is -2.08. The summed E-state index contributed by atoms with van der Waals surface area (Å²) < 4.78 is 0.590. The van der Waals surface area contributed by atoms with Gasteiger partial charge in [0.25, 0.3) is 5.91 Å². The van der Waals surface area contributed by atoms with Crippen molar-refractivity contribution >= 4 is 68.4 Å². The quantitative estimate of drug-likeness (QED) is 0.472. The van der Waals surface area contributed by atoms with E-state index in [1.807, 2.05) is 0 Å². The number of hydrogen-bond acceptors (Lipinski definition) is 3. The molecule has 1 amide bonds. The molecule has 0 fully saturated rings. The Bertz CT molecular complexity index is 892. The van der Waals surface area contributed by atoms with Gasteiger partial charge >= 0.3 is 0 Å². The predicted molar refractivity (Wildman–Crippen MR) is 99.5 cm³/mol. The van der Waals surface area contributed by atoms with E-state index < -0.39 is 5.91 Å². The smallest absolute Gasteiger partial charge is 0.266 e. The zero-order valence-corrected chi connectivity index (χ0v) is 15.6. The topological polar surface area (TPSA) is 73.1 Å². The van der Waals surface area contributed by atoms with Gasteiger partial charge in [-0.05, 0) is 30.3 Å². The Morgan fingerprint density at radius 2 is 1.96 bits per heavy atom. The van der Waals surface area contributed by atoms with Crippen molar-refractivity contribution in [2.45, 2.75) is 0 Å². The Balaban J connectivity index is 2.37. The lowest BCUT2D eigenvalue weighted by atomic mass is 10.1. The summed E-state index contributed by atoms with van der Waals surface area (Å²) in [5, 5.41) is 22.2. The van der Waals surface area contributed by atoms with Crippen LogP contribution in [-0.4, -0.2) is 11.0 Å². The van der Waals surface area contributed by atoms with Crippen molar-refractivity contribution in [1.29, 1.82) is 5.26 Å². The fourth-order valence-corrected chi connectivity index (χ4v) is 2.97. The Kier molecular flexibility index (Phi) is 6.14. The zero-order chi connectivity index (χ0) is 17.9. The van der Waals surface area contributed by atoms with Crippen LogP contribution in [0.3, 0.4) is 0 Å². The van der Waals surface area contributed by atoms with E-state index in [1.54, 1.807) is 24.3 Å². The van der Waals surface area contributed by atoms with Gasteiger partial charge in [-0.2, -0.15) is 5.26 Å². The van der Waals surface area contributed by atoms with E-state index in [-0.39, 0.29) is 37.6 Å². The van der Waals surface area contributed by atoms with Crippen molar-refractivity contribution in [2.24, 2.45) is 0 Å². The van der Waals surface area contributed by atoms with Crippen LogP contribution in [0.4, 0.5) is 5.69 Å². The molecule has 2 aromatic rings. The molecule has 0 radical (unpaired) electrons. The van der Waals surface area contributed by atoms with Crippen molar-refractivity contribution in [3.8, 4) is 11.8 Å². The number of nitriles is 1. The second kappa shape index (κ2) is 7.91. The third kappa shape index (κ3) is 4.22. The molecule has 0 saturated carbocycles. The Morgan fingerprint density at radius 1 is 1.25 bits per heavy atom. The molecule has 0 saturated heterocycles. The minimum atomic E-state index is -0.697. The highest BCUT2D eigenvalue weighted by molar-refractivity contribution is 9.10. The van der Waals surface area contributed by atoms with Gasteiger partial charge in [0.15, 0.2) is 0 Å². The molecule has 0 aliphatic heterocycles. The summed E-state index contributed by atoms with van der Waals surface area (Å²) in [7, 11) is 0. The molecule has 8 heteroatoms. The average Bonchev–Trinajstić information content (AvgIpc) is 2.53. The molecule has 0 aliphatic carbocycles. The lowest BCUT2D eigenvalue weighted by Crippen LogP contribution is -2.13. The molecule has 122 valence electrons. The third-order valence-corrected chi connectivity index (χ3v) is 4.49. The second-order valence-corrected chi connectivity index (χ2v) is 6.66. The van der Waals surface area contributed by atoms with Gasteiger partial charge in [-0.15, -0.1) is 0 Å². The molecule has 0 atom stereocenters. The number of carbonyl (C=O) groups excluding carboxylic acids is 1. The van der Waals surface area contributed by atoms with Gasteiger partial charge in [-0.1, -0.05) is 56.8 Å². The van der Waals surface area contributed by atoms with Crippen LogP contribution in [0.25, 0.3) is 6.08 Å². The summed E-state index contributed by atoms with van der Waals surface area (Å²) in [6.07, 6.45) is 1.22. The van der Waals surface area contributed by atoms with Crippen molar-refractivity contribution in [3.05, 3.63) is 61.0 Å². The van der Waals surface area contributed by atoms with E-state index in [9.17, 15) is 15.2 Å². The molecule has 2 rings (SSSR count). The molecule has 24 heavy (non-hydrogen) atoms. The highest BCUT2D eigenvalue weighted by Crippen LogP contribution is 2.33. The third-order valence-electron chi connectivity index (χ3n) is 2.92. The first-order valence-electron chi connectivity index (χ1n) is 6.38. The van der Waals surface area contributed by atoms with Gasteiger partial charge in [-0.25, -0.2) is 0 Å². The first-order chi connectivity index (χ1) is 11.3. The molecule has 0 unspecified atom stereocenters. The fourth-order valence-electron chi connectivity index (χ4n) is 1.79. The first kappa shape index (κ1) is 18.6. The predicted octanol–water partition coefficient (Wildman–Crippen LogP) is 5.66. The molecule has 0 spiro atoms. The monoisotopic (exact) mass is 444 g/mol. The van der Waals surface area contributed by atoms with Gasteiger partial charge in [0.05, 0.1) is 20.8 Å². The van der Waals surface area contributed by atoms with Gasteiger partial charge in [-0.3, -0.25) is 4.79 Å². The Labute approximate surface area is 161 Å². The second-order valence-electron chi connectivity index (χ2n) is 4.55. The summed E-state index contributed by atoms with van der Waals surface area (Å²) in [5.74, 6) is -0.932. The number of phenols is 1. The summed E-state index contributed by atoms with van der Waals surface area (Å²) >= 11 is 21.0. The van der Waals surface area contributed by atoms with Crippen molar-refractivity contribution in [1.82, 2.24) is 0 Å². The highest BCUT2D eigenvalue weighted by Gasteiger charge is 2.14. The number of hydrogen-bond donors (Lipinski definition) is 2. The maximum Gasteiger partial charge on any atom is 0.266 e. The summed E-state index contributed by atoms with van der Waals surface area (Å²) in [6.45, 7) is 0. The van der Waals surface area contributed by atoms with Crippen molar-refractivity contribution in [2.75, 3.05) is 5.32 Å². The highest BCUT2D eigenvalue weighted by atomic mass is 79.9. The van der Waals surface area contributed by atoms with Crippen LogP contribution >= 0.6 is 50.7 Å². The molecule has 0 aliphatic rings. The van der Waals surface area contributed by atoms with Gasteiger partial charge in [0, 0.05) is 10.0 Å². The fraction of sp³-hybridized carbons (Fsp3) is 0. The molecule has 0 aromatic heterocycles. The van der Waals surface area contributed by atoms with Crippen LogP contribution < -0.4 is 5.32 Å². The summed E-state index contributed by atoms with van der Waals surface area (Å²) in [6, 6.07) is 9.52. The van der Waals surface area contributed by atoms with Crippen LogP contribution in [-0.2, 0) is 4.79 Å². The average molecular weight is 447 g/mol. The maximum absolute atomic E-state index is 12.3. The number of rotatable bonds is 3. The minimum Gasteiger partial charge on any atom is -0.506 e. The molecule has 2 N–H and O–H groups in total. The van der Waals surface area contributed by atoms with Crippen LogP contribution in [0, 0.1) is 11.3 Å². The van der Waals surface area contributed by atoms with Crippen LogP contribution in [0.5, 0.6) is 5.75 Å². The largest absolute Gasteiger partial charge is 0.506 e. The summed E-state index contributed by atoms with van der Waals surface area (Å²) in [5.41, 5.74) is 0.251. The maximum atomic E-state index is 12.3. The number of halogens is 4. The number of aromatic hydroxyl groups is 1. The van der Waals surface area contributed by atoms with Gasteiger partial charge in [0.2, 0.25) is 0 Å². The number of phenolic OH excluding ortho intramolecular Hbond substituents is 1. The van der Waals surface area contributed by atoms with E-state index >= 15 is 0 Å². The molecule has 0 heterocycles. The van der Waals surface area contributed by atoms with E-state index in [0.717, 1.165) is 0 Å². The number of carbonyl (C=O) groups is 1. The molecule has 0 bridgehead atoms. The molecular weight excluding hydrogens is 438 g/mol.